The van der Waals surface area contributed by atoms with Crippen LogP contribution in [0.15, 0.2) is 24.3 Å². The Labute approximate surface area is 96.0 Å². The predicted molar refractivity (Wildman–Crippen MR) is 61.8 cm³/mol. The van der Waals surface area contributed by atoms with Crippen molar-refractivity contribution in [3.63, 3.8) is 0 Å². The third-order valence-electron chi connectivity index (χ3n) is 2.89. The van der Waals surface area contributed by atoms with Crippen molar-refractivity contribution in [2.75, 3.05) is 19.8 Å². The van der Waals surface area contributed by atoms with Crippen LogP contribution in [0.4, 0.5) is 0 Å². The molecule has 16 heavy (non-hydrogen) atoms. The van der Waals surface area contributed by atoms with Crippen LogP contribution in [-0.4, -0.2) is 31.0 Å². The molecule has 1 fully saturated rings. The average Bonchev–Trinajstić information content (AvgIpc) is 2.81. The van der Waals surface area contributed by atoms with E-state index < -0.39 is 0 Å². The molecule has 0 spiro atoms. The Balaban J connectivity index is 2.03. The van der Waals surface area contributed by atoms with Crippen LogP contribution in [-0.2, 0) is 4.74 Å². The summed E-state index contributed by atoms with van der Waals surface area (Å²) in [6.45, 7) is 3.63. The van der Waals surface area contributed by atoms with E-state index in [0.717, 1.165) is 24.3 Å². The van der Waals surface area contributed by atoms with Gasteiger partial charge in [-0.05, 0) is 17.7 Å². The molecule has 1 aromatic carbocycles. The Morgan fingerprint density at radius 3 is 3.12 bits per heavy atom. The monoisotopic (exact) mass is 222 g/mol. The zero-order valence-corrected chi connectivity index (χ0v) is 9.56. The van der Waals surface area contributed by atoms with E-state index in [1.54, 1.807) is 0 Å². The second-order valence-electron chi connectivity index (χ2n) is 4.26. The van der Waals surface area contributed by atoms with Gasteiger partial charge in [-0.3, -0.25) is 0 Å². The van der Waals surface area contributed by atoms with Crippen molar-refractivity contribution < 1.29 is 14.6 Å². The third-order valence-corrected chi connectivity index (χ3v) is 2.89. The Morgan fingerprint density at radius 1 is 1.56 bits per heavy atom. The van der Waals surface area contributed by atoms with Gasteiger partial charge in [-0.2, -0.15) is 0 Å². The Hall–Kier alpha value is -1.06. The molecule has 1 aliphatic heterocycles. The quantitative estimate of drug-likeness (QED) is 0.846. The molecule has 1 aliphatic rings. The van der Waals surface area contributed by atoms with Crippen molar-refractivity contribution >= 4 is 0 Å². The first-order valence-electron chi connectivity index (χ1n) is 5.75. The van der Waals surface area contributed by atoms with E-state index >= 15 is 0 Å². The number of aliphatic hydroxyl groups is 1. The molecule has 0 saturated carbocycles. The van der Waals surface area contributed by atoms with E-state index in [9.17, 15) is 0 Å². The molecule has 0 bridgehead atoms. The third kappa shape index (κ3) is 2.74. The lowest BCUT2D eigenvalue weighted by molar-refractivity contribution is 0.141. The fourth-order valence-corrected chi connectivity index (χ4v) is 1.80. The first-order valence-corrected chi connectivity index (χ1v) is 5.75. The smallest absolute Gasteiger partial charge is 0.124 e. The lowest BCUT2D eigenvalue weighted by atomic mass is 10.0. The minimum atomic E-state index is 0.156. The summed E-state index contributed by atoms with van der Waals surface area (Å²) in [7, 11) is 0. The Morgan fingerprint density at radius 2 is 2.44 bits per heavy atom. The fourth-order valence-electron chi connectivity index (χ4n) is 1.80. The van der Waals surface area contributed by atoms with Crippen molar-refractivity contribution in [3.8, 4) is 5.75 Å². The van der Waals surface area contributed by atoms with Gasteiger partial charge in [0.05, 0.1) is 13.2 Å². The van der Waals surface area contributed by atoms with Crippen molar-refractivity contribution in [2.45, 2.75) is 25.4 Å². The number of ether oxygens (including phenoxy) is 2. The van der Waals surface area contributed by atoms with E-state index in [-0.39, 0.29) is 18.6 Å². The molecular weight excluding hydrogens is 204 g/mol. The van der Waals surface area contributed by atoms with Gasteiger partial charge in [-0.15, -0.1) is 0 Å². The predicted octanol–water partition coefficient (Wildman–Crippen LogP) is 1.95. The molecule has 1 heterocycles. The van der Waals surface area contributed by atoms with Crippen molar-refractivity contribution in [1.29, 1.82) is 0 Å². The van der Waals surface area contributed by atoms with Gasteiger partial charge in [0.15, 0.2) is 0 Å². The molecular formula is C13H18O3. The highest BCUT2D eigenvalue weighted by molar-refractivity contribution is 5.30. The SMILES string of the molecule is CC(CO)c1cccc(OC2CCOC2)c1. The molecule has 0 aromatic heterocycles. The topological polar surface area (TPSA) is 38.7 Å². The second-order valence-corrected chi connectivity index (χ2v) is 4.26. The number of benzene rings is 1. The minimum Gasteiger partial charge on any atom is -0.488 e. The van der Waals surface area contributed by atoms with E-state index in [1.165, 1.54) is 0 Å². The molecule has 2 rings (SSSR count). The molecule has 2 unspecified atom stereocenters. The van der Waals surface area contributed by atoms with Gasteiger partial charge in [0, 0.05) is 18.9 Å². The van der Waals surface area contributed by atoms with Crippen LogP contribution in [0.1, 0.15) is 24.8 Å². The summed E-state index contributed by atoms with van der Waals surface area (Å²) in [6.07, 6.45) is 1.14. The summed E-state index contributed by atoms with van der Waals surface area (Å²) in [6, 6.07) is 7.93. The van der Waals surface area contributed by atoms with E-state index in [0.29, 0.717) is 6.61 Å². The minimum absolute atomic E-state index is 0.156. The van der Waals surface area contributed by atoms with Gasteiger partial charge in [0.1, 0.15) is 11.9 Å². The number of hydrogen-bond donors (Lipinski definition) is 1. The summed E-state index contributed by atoms with van der Waals surface area (Å²) in [5.74, 6) is 1.02. The van der Waals surface area contributed by atoms with Crippen LogP contribution < -0.4 is 4.74 Å². The average molecular weight is 222 g/mol. The maximum absolute atomic E-state index is 9.10. The first kappa shape index (κ1) is 11.4. The van der Waals surface area contributed by atoms with Crippen LogP contribution >= 0.6 is 0 Å². The van der Waals surface area contributed by atoms with Gasteiger partial charge in [-0.1, -0.05) is 19.1 Å². The van der Waals surface area contributed by atoms with Crippen LogP contribution in [0.3, 0.4) is 0 Å². The molecule has 3 nitrogen and oxygen atoms in total. The first-order chi connectivity index (χ1) is 7.79. The number of hydrogen-bond acceptors (Lipinski definition) is 3. The van der Waals surface area contributed by atoms with Crippen LogP contribution in [0.2, 0.25) is 0 Å². The maximum atomic E-state index is 9.10. The van der Waals surface area contributed by atoms with Gasteiger partial charge >= 0.3 is 0 Å². The van der Waals surface area contributed by atoms with Crippen molar-refractivity contribution in [3.05, 3.63) is 29.8 Å². The van der Waals surface area contributed by atoms with Gasteiger partial charge in [0.25, 0.3) is 0 Å². The highest BCUT2D eigenvalue weighted by Gasteiger charge is 2.17. The molecule has 88 valence electrons. The highest BCUT2D eigenvalue weighted by Crippen LogP contribution is 2.22. The largest absolute Gasteiger partial charge is 0.488 e. The lowest BCUT2D eigenvalue weighted by Crippen LogP contribution is -2.15. The standard InChI is InChI=1S/C13H18O3/c1-10(8-14)11-3-2-4-12(7-11)16-13-5-6-15-9-13/h2-4,7,10,13-14H,5-6,8-9H2,1H3. The van der Waals surface area contributed by atoms with Gasteiger partial charge in [-0.25, -0.2) is 0 Å². The second kappa shape index (κ2) is 5.32. The molecule has 0 radical (unpaired) electrons. The van der Waals surface area contributed by atoms with E-state index in [2.05, 4.69) is 0 Å². The van der Waals surface area contributed by atoms with Crippen LogP contribution in [0.5, 0.6) is 5.75 Å². The van der Waals surface area contributed by atoms with Crippen molar-refractivity contribution in [1.82, 2.24) is 0 Å². The molecule has 0 aliphatic carbocycles. The highest BCUT2D eigenvalue weighted by atomic mass is 16.5. The normalized spacial score (nSPS) is 22.0. The molecule has 2 atom stereocenters. The number of rotatable bonds is 4. The summed E-state index contributed by atoms with van der Waals surface area (Å²) >= 11 is 0. The molecule has 3 heteroatoms. The Kier molecular flexibility index (Phi) is 3.80. The fraction of sp³-hybridized carbons (Fsp3) is 0.538. The summed E-state index contributed by atoms with van der Waals surface area (Å²) in [4.78, 5) is 0. The van der Waals surface area contributed by atoms with Gasteiger partial charge < -0.3 is 14.6 Å². The zero-order chi connectivity index (χ0) is 11.4. The molecule has 0 amide bonds. The summed E-state index contributed by atoms with van der Waals surface area (Å²) in [5.41, 5.74) is 1.11. The van der Waals surface area contributed by atoms with Gasteiger partial charge in [0.2, 0.25) is 0 Å². The van der Waals surface area contributed by atoms with Crippen LogP contribution in [0, 0.1) is 0 Å². The Bertz CT molecular complexity index is 332. The molecule has 1 aromatic rings. The molecule has 1 saturated heterocycles. The van der Waals surface area contributed by atoms with E-state index in [1.807, 2.05) is 31.2 Å². The van der Waals surface area contributed by atoms with E-state index in [4.69, 9.17) is 14.6 Å². The van der Waals surface area contributed by atoms with Crippen LogP contribution in [0.25, 0.3) is 0 Å². The molecule has 1 N–H and O–H groups in total. The summed E-state index contributed by atoms with van der Waals surface area (Å²) in [5, 5.41) is 9.10. The zero-order valence-electron chi connectivity index (χ0n) is 9.56. The van der Waals surface area contributed by atoms with Crippen molar-refractivity contribution in [2.24, 2.45) is 0 Å². The lowest BCUT2D eigenvalue weighted by Gasteiger charge is -2.14. The maximum Gasteiger partial charge on any atom is 0.124 e. The number of aliphatic hydroxyl groups excluding tert-OH is 1. The summed E-state index contributed by atoms with van der Waals surface area (Å²) < 4.78 is 11.1.